The molecule has 100 valence electrons. The molecule has 0 heterocycles. The Hall–Kier alpha value is -1.35. The van der Waals surface area contributed by atoms with Crippen LogP contribution in [0.5, 0.6) is 0 Å². The third kappa shape index (κ3) is 7.07. The second-order valence-electron chi connectivity index (χ2n) is 4.72. The Morgan fingerprint density at radius 3 is 2.61 bits per heavy atom. The van der Waals surface area contributed by atoms with Gasteiger partial charge < -0.3 is 9.47 Å². The van der Waals surface area contributed by atoms with Gasteiger partial charge in [0.15, 0.2) is 0 Å². The molecule has 0 aliphatic rings. The molecule has 1 aromatic carbocycles. The number of rotatable bonds is 8. The van der Waals surface area contributed by atoms with Gasteiger partial charge in [-0.15, -0.1) is 0 Å². The molecule has 1 rings (SSSR count). The Morgan fingerprint density at radius 1 is 1.22 bits per heavy atom. The van der Waals surface area contributed by atoms with Crippen LogP contribution in [0.4, 0.5) is 0 Å². The summed E-state index contributed by atoms with van der Waals surface area (Å²) in [6, 6.07) is 10.0. The zero-order valence-electron chi connectivity index (χ0n) is 11.2. The lowest BCUT2D eigenvalue weighted by molar-refractivity contribution is -0.145. The summed E-state index contributed by atoms with van der Waals surface area (Å²) in [5, 5.41) is 0. The Labute approximate surface area is 109 Å². The van der Waals surface area contributed by atoms with Crippen molar-refractivity contribution in [3.8, 4) is 0 Å². The highest BCUT2D eigenvalue weighted by Crippen LogP contribution is 2.02. The predicted molar refractivity (Wildman–Crippen MR) is 71.1 cm³/mol. The molecule has 0 saturated carbocycles. The second kappa shape index (κ2) is 8.70. The van der Waals surface area contributed by atoms with Gasteiger partial charge in [-0.3, -0.25) is 4.79 Å². The van der Waals surface area contributed by atoms with E-state index in [2.05, 4.69) is 0 Å². The fraction of sp³-hybridized carbons (Fsp3) is 0.533. The molecule has 1 aromatic rings. The Balaban J connectivity index is 2.00. The average Bonchev–Trinajstić information content (AvgIpc) is 2.37. The summed E-state index contributed by atoms with van der Waals surface area (Å²) in [4.78, 5) is 11.3. The molecule has 0 fully saturated rings. The molecular formula is C15H22O3. The number of ether oxygens (including phenoxy) is 2. The van der Waals surface area contributed by atoms with Crippen molar-refractivity contribution in [3.63, 3.8) is 0 Å². The lowest BCUT2D eigenvalue weighted by Gasteiger charge is -2.07. The lowest BCUT2D eigenvalue weighted by atomic mass is 10.2. The molecule has 3 heteroatoms. The SMILES string of the molecule is CC(C)COC(=O)CCCOCc1ccccc1. The van der Waals surface area contributed by atoms with Crippen LogP contribution in [-0.4, -0.2) is 19.2 Å². The van der Waals surface area contributed by atoms with Crippen molar-refractivity contribution in [2.45, 2.75) is 33.3 Å². The van der Waals surface area contributed by atoms with Crippen LogP contribution in [0.2, 0.25) is 0 Å². The molecule has 0 saturated heterocycles. The highest BCUT2D eigenvalue weighted by Gasteiger charge is 2.03. The highest BCUT2D eigenvalue weighted by atomic mass is 16.5. The predicted octanol–water partition coefficient (Wildman–Crippen LogP) is 3.18. The first-order valence-corrected chi connectivity index (χ1v) is 6.46. The van der Waals surface area contributed by atoms with E-state index >= 15 is 0 Å². The highest BCUT2D eigenvalue weighted by molar-refractivity contribution is 5.69. The molecule has 18 heavy (non-hydrogen) atoms. The summed E-state index contributed by atoms with van der Waals surface area (Å²) in [6.45, 7) is 5.74. The van der Waals surface area contributed by atoms with Gasteiger partial charge in [0, 0.05) is 13.0 Å². The van der Waals surface area contributed by atoms with Gasteiger partial charge in [-0.05, 0) is 17.9 Å². The first kappa shape index (κ1) is 14.7. The topological polar surface area (TPSA) is 35.5 Å². The van der Waals surface area contributed by atoms with Crippen LogP contribution in [0.1, 0.15) is 32.3 Å². The summed E-state index contributed by atoms with van der Waals surface area (Å²) in [5.74, 6) is 0.260. The Bertz CT molecular complexity index is 333. The third-order valence-corrected chi connectivity index (χ3v) is 2.36. The summed E-state index contributed by atoms with van der Waals surface area (Å²) >= 11 is 0. The van der Waals surface area contributed by atoms with Crippen LogP contribution in [-0.2, 0) is 20.9 Å². The number of carbonyl (C=O) groups excluding carboxylic acids is 1. The van der Waals surface area contributed by atoms with E-state index in [0.717, 1.165) is 5.56 Å². The molecule has 3 nitrogen and oxygen atoms in total. The summed E-state index contributed by atoms with van der Waals surface area (Å²) in [7, 11) is 0. The first-order chi connectivity index (χ1) is 8.68. The quantitative estimate of drug-likeness (QED) is 0.525. The van der Waals surface area contributed by atoms with E-state index < -0.39 is 0 Å². The molecule has 0 atom stereocenters. The number of hydrogen-bond donors (Lipinski definition) is 0. The monoisotopic (exact) mass is 250 g/mol. The van der Waals surface area contributed by atoms with Crippen LogP contribution in [0.3, 0.4) is 0 Å². The lowest BCUT2D eigenvalue weighted by Crippen LogP contribution is -2.10. The molecule has 0 N–H and O–H groups in total. The number of benzene rings is 1. The van der Waals surface area contributed by atoms with Gasteiger partial charge in [0.05, 0.1) is 13.2 Å². The molecular weight excluding hydrogens is 228 g/mol. The van der Waals surface area contributed by atoms with Gasteiger partial charge >= 0.3 is 5.97 Å². The van der Waals surface area contributed by atoms with Crippen molar-refractivity contribution in [2.75, 3.05) is 13.2 Å². The largest absolute Gasteiger partial charge is 0.465 e. The zero-order chi connectivity index (χ0) is 13.2. The van der Waals surface area contributed by atoms with E-state index in [4.69, 9.17) is 9.47 Å². The van der Waals surface area contributed by atoms with Crippen molar-refractivity contribution < 1.29 is 14.3 Å². The maximum absolute atomic E-state index is 11.3. The van der Waals surface area contributed by atoms with E-state index in [0.29, 0.717) is 38.6 Å². The molecule has 0 aliphatic heterocycles. The summed E-state index contributed by atoms with van der Waals surface area (Å²) < 4.78 is 10.6. The molecule has 0 radical (unpaired) electrons. The minimum atomic E-state index is -0.132. The third-order valence-electron chi connectivity index (χ3n) is 2.36. The molecule has 0 aromatic heterocycles. The fourth-order valence-corrected chi connectivity index (χ4v) is 1.41. The smallest absolute Gasteiger partial charge is 0.305 e. The van der Waals surface area contributed by atoms with Crippen molar-refractivity contribution in [1.82, 2.24) is 0 Å². The van der Waals surface area contributed by atoms with Crippen LogP contribution < -0.4 is 0 Å². The fourth-order valence-electron chi connectivity index (χ4n) is 1.41. The van der Waals surface area contributed by atoms with E-state index in [1.807, 2.05) is 44.2 Å². The first-order valence-electron chi connectivity index (χ1n) is 6.46. The van der Waals surface area contributed by atoms with Crippen LogP contribution in [0.15, 0.2) is 30.3 Å². The van der Waals surface area contributed by atoms with Gasteiger partial charge in [0.2, 0.25) is 0 Å². The average molecular weight is 250 g/mol. The molecule has 0 bridgehead atoms. The van der Waals surface area contributed by atoms with E-state index in [9.17, 15) is 4.79 Å². The van der Waals surface area contributed by atoms with Gasteiger partial charge in [-0.25, -0.2) is 0 Å². The maximum atomic E-state index is 11.3. The number of hydrogen-bond acceptors (Lipinski definition) is 3. The minimum Gasteiger partial charge on any atom is -0.465 e. The zero-order valence-corrected chi connectivity index (χ0v) is 11.2. The summed E-state index contributed by atoms with van der Waals surface area (Å²) in [5.41, 5.74) is 1.15. The number of carbonyl (C=O) groups is 1. The van der Waals surface area contributed by atoms with Gasteiger partial charge in [0.1, 0.15) is 0 Å². The van der Waals surface area contributed by atoms with E-state index in [-0.39, 0.29) is 5.97 Å². The Kier molecular flexibility index (Phi) is 7.11. The van der Waals surface area contributed by atoms with Crippen molar-refractivity contribution >= 4 is 5.97 Å². The van der Waals surface area contributed by atoms with Crippen molar-refractivity contribution in [2.24, 2.45) is 5.92 Å². The molecule has 0 amide bonds. The van der Waals surface area contributed by atoms with Gasteiger partial charge in [-0.1, -0.05) is 44.2 Å². The summed E-state index contributed by atoms with van der Waals surface area (Å²) in [6.07, 6.45) is 1.14. The normalized spacial score (nSPS) is 10.6. The molecule has 0 unspecified atom stereocenters. The van der Waals surface area contributed by atoms with Gasteiger partial charge in [-0.2, -0.15) is 0 Å². The minimum absolute atomic E-state index is 0.132. The van der Waals surface area contributed by atoms with Crippen LogP contribution in [0.25, 0.3) is 0 Å². The Morgan fingerprint density at radius 2 is 1.94 bits per heavy atom. The molecule has 0 spiro atoms. The van der Waals surface area contributed by atoms with E-state index in [1.165, 1.54) is 0 Å². The van der Waals surface area contributed by atoms with Crippen molar-refractivity contribution in [3.05, 3.63) is 35.9 Å². The second-order valence-corrected chi connectivity index (χ2v) is 4.72. The van der Waals surface area contributed by atoms with E-state index in [1.54, 1.807) is 0 Å². The van der Waals surface area contributed by atoms with Crippen LogP contribution in [0, 0.1) is 5.92 Å². The maximum Gasteiger partial charge on any atom is 0.305 e. The van der Waals surface area contributed by atoms with Crippen molar-refractivity contribution in [1.29, 1.82) is 0 Å². The number of esters is 1. The molecule has 0 aliphatic carbocycles. The van der Waals surface area contributed by atoms with Gasteiger partial charge in [0.25, 0.3) is 0 Å². The van der Waals surface area contributed by atoms with Crippen LogP contribution >= 0.6 is 0 Å². The standard InChI is InChI=1S/C15H22O3/c1-13(2)11-18-15(16)9-6-10-17-12-14-7-4-3-5-8-14/h3-5,7-8,13H,6,9-12H2,1-2H3.